The number of aliphatic carboxylic acids is 1. The second kappa shape index (κ2) is 9.24. The van der Waals surface area contributed by atoms with Crippen LogP contribution in [0.15, 0.2) is 0 Å². The molecule has 0 radical (unpaired) electrons. The maximum atomic E-state index is 12.2. The van der Waals surface area contributed by atoms with Gasteiger partial charge in [-0.1, -0.05) is 0 Å². The number of amides is 1. The van der Waals surface area contributed by atoms with E-state index in [1.807, 2.05) is 20.8 Å². The lowest BCUT2D eigenvalue weighted by Gasteiger charge is -2.26. The lowest BCUT2D eigenvalue weighted by molar-refractivity contribution is -0.141. The van der Waals surface area contributed by atoms with Crippen LogP contribution in [-0.2, 0) is 22.9 Å². The van der Waals surface area contributed by atoms with Crippen molar-refractivity contribution in [3.8, 4) is 0 Å². The van der Waals surface area contributed by atoms with E-state index in [2.05, 4.69) is 5.32 Å². The third-order valence-corrected chi connectivity index (χ3v) is 6.09. The van der Waals surface area contributed by atoms with Gasteiger partial charge < -0.3 is 23.7 Å². The van der Waals surface area contributed by atoms with Gasteiger partial charge in [0.05, 0.1) is 6.42 Å². The highest BCUT2D eigenvalue weighted by molar-refractivity contribution is 6.60. The third-order valence-electron chi connectivity index (χ3n) is 3.26. The van der Waals surface area contributed by atoms with E-state index in [-0.39, 0.29) is 12.3 Å². The van der Waals surface area contributed by atoms with Gasteiger partial charge >= 0.3 is 14.8 Å². The first-order valence-electron chi connectivity index (χ1n) is 7.28. The van der Waals surface area contributed by atoms with Crippen molar-refractivity contribution in [3.63, 3.8) is 0 Å². The van der Waals surface area contributed by atoms with Crippen LogP contribution in [0.5, 0.6) is 0 Å². The molecule has 0 spiro atoms. The van der Waals surface area contributed by atoms with Crippen LogP contribution in [0.3, 0.4) is 0 Å². The molecule has 0 aromatic rings. The molecule has 0 bridgehead atoms. The zero-order valence-corrected chi connectivity index (χ0v) is 15.4. The number of nitrogens with one attached hydrogen (secondary N) is 1. The molecular formula is C14H29NO6Si. The molecule has 0 rings (SSSR count). The van der Waals surface area contributed by atoms with Crippen LogP contribution < -0.4 is 5.32 Å². The Balaban J connectivity index is 4.67. The minimum atomic E-state index is -2.68. The number of carboxylic acid groups (broad SMARTS) is 1. The lowest BCUT2D eigenvalue weighted by Crippen LogP contribution is -2.45. The summed E-state index contributed by atoms with van der Waals surface area (Å²) in [7, 11) is 1.90. The molecule has 22 heavy (non-hydrogen) atoms. The van der Waals surface area contributed by atoms with Crippen molar-refractivity contribution in [1.29, 1.82) is 0 Å². The largest absolute Gasteiger partial charge is 0.500 e. The quantitative estimate of drug-likeness (QED) is 0.590. The summed E-state index contributed by atoms with van der Waals surface area (Å²) in [5.41, 5.74) is -0.391. The third kappa shape index (κ3) is 7.88. The Bertz CT molecular complexity index is 357. The molecule has 0 fully saturated rings. The molecule has 0 aromatic heterocycles. The van der Waals surface area contributed by atoms with Crippen LogP contribution in [0.2, 0.25) is 6.04 Å². The second-order valence-corrected chi connectivity index (χ2v) is 9.31. The van der Waals surface area contributed by atoms with Crippen LogP contribution in [-0.4, -0.2) is 52.7 Å². The molecule has 0 saturated heterocycles. The van der Waals surface area contributed by atoms with Crippen LogP contribution >= 0.6 is 0 Å². The number of rotatable bonds is 10. The lowest BCUT2D eigenvalue weighted by atomic mass is 9.97. The van der Waals surface area contributed by atoms with Gasteiger partial charge in [-0.05, 0) is 33.6 Å². The SMILES string of the molecule is CO[Si](CCCC(CC(=O)O)C(=O)NC(C)(C)C)(OC)OC. The van der Waals surface area contributed by atoms with E-state index in [4.69, 9.17) is 18.4 Å². The molecule has 0 aromatic carbocycles. The number of hydrogen-bond donors (Lipinski definition) is 2. The minimum absolute atomic E-state index is 0.191. The summed E-state index contributed by atoms with van der Waals surface area (Å²) in [6.45, 7) is 5.59. The molecular weight excluding hydrogens is 306 g/mol. The van der Waals surface area contributed by atoms with Crippen molar-refractivity contribution >= 4 is 20.7 Å². The van der Waals surface area contributed by atoms with Crippen LogP contribution in [0, 0.1) is 5.92 Å². The number of carbonyl (C=O) groups is 2. The first-order valence-corrected chi connectivity index (χ1v) is 9.21. The van der Waals surface area contributed by atoms with E-state index in [0.29, 0.717) is 18.9 Å². The summed E-state index contributed by atoms with van der Waals surface area (Å²) in [5.74, 6) is -1.80. The van der Waals surface area contributed by atoms with Crippen molar-refractivity contribution < 1.29 is 28.0 Å². The maximum Gasteiger partial charge on any atom is 0.500 e. The fraction of sp³-hybridized carbons (Fsp3) is 0.857. The molecule has 1 amide bonds. The molecule has 0 saturated carbocycles. The zero-order chi connectivity index (χ0) is 17.4. The fourth-order valence-corrected chi connectivity index (χ4v) is 3.88. The summed E-state index contributed by atoms with van der Waals surface area (Å²) in [4.78, 5) is 23.2. The Morgan fingerprint density at radius 3 is 2.00 bits per heavy atom. The van der Waals surface area contributed by atoms with Gasteiger partial charge in [-0.2, -0.15) is 0 Å². The summed E-state index contributed by atoms with van der Waals surface area (Å²) in [6.07, 6.45) is 0.847. The average Bonchev–Trinajstić information content (AvgIpc) is 2.40. The first kappa shape index (κ1) is 21.0. The first-order chi connectivity index (χ1) is 10.1. The van der Waals surface area contributed by atoms with Crippen LogP contribution in [0.1, 0.15) is 40.0 Å². The summed E-state index contributed by atoms with van der Waals surface area (Å²) >= 11 is 0. The molecule has 130 valence electrons. The highest BCUT2D eigenvalue weighted by atomic mass is 28.4. The second-order valence-electron chi connectivity index (χ2n) is 6.22. The van der Waals surface area contributed by atoms with Gasteiger partial charge in [-0.3, -0.25) is 9.59 Å². The molecule has 0 aliphatic carbocycles. The predicted octanol–water partition coefficient (Wildman–Crippen LogP) is 1.65. The zero-order valence-electron chi connectivity index (χ0n) is 14.4. The van der Waals surface area contributed by atoms with Gasteiger partial charge in [0.25, 0.3) is 0 Å². The van der Waals surface area contributed by atoms with E-state index >= 15 is 0 Å². The van der Waals surface area contributed by atoms with Gasteiger partial charge in [0, 0.05) is 38.8 Å². The Morgan fingerprint density at radius 2 is 1.64 bits per heavy atom. The Labute approximate surface area is 133 Å². The maximum absolute atomic E-state index is 12.2. The smallest absolute Gasteiger partial charge is 0.481 e. The van der Waals surface area contributed by atoms with Crippen molar-refractivity contribution in [2.45, 2.75) is 51.6 Å². The van der Waals surface area contributed by atoms with Crippen molar-refractivity contribution in [2.75, 3.05) is 21.3 Å². The highest BCUT2D eigenvalue weighted by Gasteiger charge is 2.37. The number of carbonyl (C=O) groups excluding carboxylic acids is 1. The Kier molecular flexibility index (Phi) is 8.83. The number of hydrogen-bond acceptors (Lipinski definition) is 5. The molecule has 2 N–H and O–H groups in total. The van der Waals surface area contributed by atoms with Crippen LogP contribution in [0.25, 0.3) is 0 Å². The van der Waals surface area contributed by atoms with Crippen molar-refractivity contribution in [2.24, 2.45) is 5.92 Å². The molecule has 8 heteroatoms. The van der Waals surface area contributed by atoms with E-state index in [9.17, 15) is 9.59 Å². The molecule has 0 aliphatic rings. The molecule has 7 nitrogen and oxygen atoms in total. The minimum Gasteiger partial charge on any atom is -0.481 e. The standard InChI is InChI=1S/C14H29NO6Si/c1-14(2,3)15-13(18)11(10-12(16)17)8-7-9-22(19-4,20-5)21-6/h11H,7-10H2,1-6H3,(H,15,18)(H,16,17). The van der Waals surface area contributed by atoms with Crippen LogP contribution in [0.4, 0.5) is 0 Å². The molecule has 1 unspecified atom stereocenters. The van der Waals surface area contributed by atoms with E-state index in [1.54, 1.807) is 0 Å². The van der Waals surface area contributed by atoms with E-state index in [0.717, 1.165) is 0 Å². The molecule has 1 atom stereocenters. The van der Waals surface area contributed by atoms with Crippen molar-refractivity contribution in [1.82, 2.24) is 5.32 Å². The number of carboxylic acids is 1. The van der Waals surface area contributed by atoms with E-state index < -0.39 is 26.2 Å². The predicted molar refractivity (Wildman–Crippen MR) is 84.5 cm³/mol. The van der Waals surface area contributed by atoms with Gasteiger partial charge in [-0.15, -0.1) is 0 Å². The van der Waals surface area contributed by atoms with Gasteiger partial charge in [-0.25, -0.2) is 0 Å². The Morgan fingerprint density at radius 1 is 1.14 bits per heavy atom. The van der Waals surface area contributed by atoms with Crippen molar-refractivity contribution in [3.05, 3.63) is 0 Å². The summed E-state index contributed by atoms with van der Waals surface area (Å²) in [5, 5.41) is 11.8. The normalized spacial score (nSPS) is 13.7. The summed E-state index contributed by atoms with van der Waals surface area (Å²) in [6, 6.07) is 0.537. The topological polar surface area (TPSA) is 94.1 Å². The molecule has 0 aliphatic heterocycles. The average molecular weight is 335 g/mol. The monoisotopic (exact) mass is 335 g/mol. The molecule has 0 heterocycles. The Hall–Kier alpha value is -0.963. The van der Waals surface area contributed by atoms with Gasteiger partial charge in [0.1, 0.15) is 0 Å². The highest BCUT2D eigenvalue weighted by Crippen LogP contribution is 2.21. The van der Waals surface area contributed by atoms with E-state index in [1.165, 1.54) is 21.3 Å². The van der Waals surface area contributed by atoms with Gasteiger partial charge in [0.15, 0.2) is 0 Å². The summed E-state index contributed by atoms with van der Waals surface area (Å²) < 4.78 is 16.0. The van der Waals surface area contributed by atoms with Gasteiger partial charge in [0.2, 0.25) is 5.91 Å². The fourth-order valence-electron chi connectivity index (χ4n) is 2.13.